The average Bonchev–Trinajstić information content (AvgIpc) is 2.91. The van der Waals surface area contributed by atoms with E-state index in [1.54, 1.807) is 6.26 Å². The summed E-state index contributed by atoms with van der Waals surface area (Å²) in [6, 6.07) is 12.7. The van der Waals surface area contributed by atoms with Crippen LogP contribution in [0.25, 0.3) is 0 Å². The van der Waals surface area contributed by atoms with Gasteiger partial charge < -0.3 is 5.32 Å². The first-order chi connectivity index (χ1) is 9.65. The van der Waals surface area contributed by atoms with Crippen molar-refractivity contribution < 1.29 is 9.00 Å². The second-order valence-electron chi connectivity index (χ2n) is 4.28. The van der Waals surface area contributed by atoms with Gasteiger partial charge in [-0.1, -0.05) is 30.3 Å². The Morgan fingerprint density at radius 2 is 2.00 bits per heavy atom. The van der Waals surface area contributed by atoms with E-state index in [9.17, 15) is 9.00 Å². The van der Waals surface area contributed by atoms with Crippen LogP contribution in [-0.4, -0.2) is 22.2 Å². The molecule has 1 heterocycles. The quantitative estimate of drug-likeness (QED) is 0.892. The molecule has 0 bridgehead atoms. The predicted molar refractivity (Wildman–Crippen MR) is 84.6 cm³/mol. The number of hydrogen-bond donors (Lipinski definition) is 2. The van der Waals surface area contributed by atoms with Crippen molar-refractivity contribution in [2.45, 2.75) is 6.04 Å². The average molecular weight is 308 g/mol. The number of thiophene rings is 1. The van der Waals surface area contributed by atoms with Crippen LogP contribution in [0, 0.1) is 0 Å². The molecule has 2 rings (SSSR count). The standard InChI is InChI=1S/C14H16N2O2S2/c1-20(18)10-12(11-6-3-2-4-7-11)15-14(17)16-13-8-5-9-19-13/h2-9,12H,10H2,1H3,(H2,15,16,17)/t12-,20-/m0/s1. The van der Waals surface area contributed by atoms with Gasteiger partial charge in [0.15, 0.2) is 0 Å². The highest BCUT2D eigenvalue weighted by molar-refractivity contribution is 7.84. The third-order valence-electron chi connectivity index (χ3n) is 2.67. The van der Waals surface area contributed by atoms with E-state index in [0.717, 1.165) is 10.6 Å². The fraction of sp³-hybridized carbons (Fsp3) is 0.214. The number of benzene rings is 1. The number of hydrogen-bond acceptors (Lipinski definition) is 3. The number of carbonyl (C=O) groups excluding carboxylic acids is 1. The molecular weight excluding hydrogens is 292 g/mol. The van der Waals surface area contributed by atoms with Crippen LogP contribution >= 0.6 is 11.3 Å². The molecule has 0 aliphatic heterocycles. The maximum Gasteiger partial charge on any atom is 0.320 e. The Labute approximate surface area is 124 Å². The van der Waals surface area contributed by atoms with Gasteiger partial charge in [-0.3, -0.25) is 9.53 Å². The largest absolute Gasteiger partial charge is 0.330 e. The van der Waals surface area contributed by atoms with Crippen molar-refractivity contribution in [2.75, 3.05) is 17.3 Å². The summed E-state index contributed by atoms with van der Waals surface area (Å²) < 4.78 is 11.5. The fourth-order valence-corrected chi connectivity index (χ4v) is 3.15. The minimum atomic E-state index is -0.991. The highest BCUT2D eigenvalue weighted by atomic mass is 32.2. The molecule has 1 aromatic carbocycles. The molecule has 0 fully saturated rings. The number of nitrogens with one attached hydrogen (secondary N) is 2. The van der Waals surface area contributed by atoms with E-state index in [-0.39, 0.29) is 12.1 Å². The summed E-state index contributed by atoms with van der Waals surface area (Å²) in [5.41, 5.74) is 0.948. The second kappa shape index (κ2) is 7.21. The second-order valence-corrected chi connectivity index (χ2v) is 6.71. The van der Waals surface area contributed by atoms with Crippen LogP contribution in [0.1, 0.15) is 11.6 Å². The molecule has 4 nitrogen and oxygen atoms in total. The number of carbonyl (C=O) groups is 1. The van der Waals surface area contributed by atoms with E-state index >= 15 is 0 Å². The topological polar surface area (TPSA) is 58.2 Å². The Hall–Kier alpha value is -1.66. The van der Waals surface area contributed by atoms with Crippen LogP contribution in [0.3, 0.4) is 0 Å². The molecular formula is C14H16N2O2S2. The zero-order valence-electron chi connectivity index (χ0n) is 11.0. The summed E-state index contributed by atoms with van der Waals surface area (Å²) in [4.78, 5) is 12.0. The molecule has 0 saturated carbocycles. The lowest BCUT2D eigenvalue weighted by Gasteiger charge is -2.18. The summed E-state index contributed by atoms with van der Waals surface area (Å²) >= 11 is 1.46. The predicted octanol–water partition coefficient (Wildman–Crippen LogP) is 2.99. The minimum Gasteiger partial charge on any atom is -0.330 e. The van der Waals surface area contributed by atoms with E-state index in [0.29, 0.717) is 5.75 Å². The van der Waals surface area contributed by atoms with Gasteiger partial charge in [0.1, 0.15) is 0 Å². The highest BCUT2D eigenvalue weighted by Gasteiger charge is 2.16. The Kier molecular flexibility index (Phi) is 5.31. The van der Waals surface area contributed by atoms with Gasteiger partial charge in [-0.25, -0.2) is 4.79 Å². The molecule has 2 amide bonds. The van der Waals surface area contributed by atoms with Gasteiger partial charge in [-0.05, 0) is 23.1 Å². The van der Waals surface area contributed by atoms with Gasteiger partial charge in [0.2, 0.25) is 0 Å². The maximum absolute atomic E-state index is 12.0. The number of amides is 2. The monoisotopic (exact) mass is 308 g/mol. The van der Waals surface area contributed by atoms with Crippen LogP contribution in [-0.2, 0) is 10.8 Å². The van der Waals surface area contributed by atoms with Gasteiger partial charge in [0, 0.05) is 22.8 Å². The summed E-state index contributed by atoms with van der Waals surface area (Å²) in [7, 11) is -0.991. The normalized spacial score (nSPS) is 13.4. The molecule has 0 spiro atoms. The van der Waals surface area contributed by atoms with Crippen molar-refractivity contribution in [3.05, 3.63) is 53.4 Å². The lowest BCUT2D eigenvalue weighted by molar-refractivity contribution is 0.249. The number of rotatable bonds is 5. The van der Waals surface area contributed by atoms with E-state index in [2.05, 4.69) is 10.6 Å². The van der Waals surface area contributed by atoms with Crippen LogP contribution in [0.2, 0.25) is 0 Å². The first-order valence-electron chi connectivity index (χ1n) is 6.11. The van der Waals surface area contributed by atoms with Crippen molar-refractivity contribution in [3.63, 3.8) is 0 Å². The molecule has 0 saturated heterocycles. The van der Waals surface area contributed by atoms with Gasteiger partial charge in [-0.2, -0.15) is 0 Å². The lowest BCUT2D eigenvalue weighted by atomic mass is 10.1. The Morgan fingerprint density at radius 1 is 1.25 bits per heavy atom. The molecule has 0 aliphatic rings. The van der Waals surface area contributed by atoms with Crippen molar-refractivity contribution >= 4 is 33.2 Å². The molecule has 0 aliphatic carbocycles. The fourth-order valence-electron chi connectivity index (χ4n) is 1.80. The molecule has 1 aromatic heterocycles. The van der Waals surface area contributed by atoms with Crippen molar-refractivity contribution in [1.29, 1.82) is 0 Å². The third kappa shape index (κ3) is 4.47. The van der Waals surface area contributed by atoms with Gasteiger partial charge in [-0.15, -0.1) is 11.3 Å². The Morgan fingerprint density at radius 3 is 2.60 bits per heavy atom. The van der Waals surface area contributed by atoms with Gasteiger partial charge in [0.05, 0.1) is 11.0 Å². The zero-order valence-corrected chi connectivity index (χ0v) is 12.7. The summed E-state index contributed by atoms with van der Waals surface area (Å²) in [5.74, 6) is 0.391. The highest BCUT2D eigenvalue weighted by Crippen LogP contribution is 2.17. The molecule has 0 radical (unpaired) electrons. The zero-order chi connectivity index (χ0) is 14.4. The number of anilines is 1. The van der Waals surface area contributed by atoms with Crippen molar-refractivity contribution in [2.24, 2.45) is 0 Å². The minimum absolute atomic E-state index is 0.262. The van der Waals surface area contributed by atoms with Crippen LogP contribution in [0.5, 0.6) is 0 Å². The molecule has 2 aromatic rings. The first kappa shape index (κ1) is 14.7. The molecule has 0 unspecified atom stereocenters. The summed E-state index contributed by atoms with van der Waals surface area (Å²) in [6.07, 6.45) is 1.63. The van der Waals surface area contributed by atoms with Crippen LogP contribution in [0.15, 0.2) is 47.8 Å². The van der Waals surface area contributed by atoms with Gasteiger partial charge >= 0.3 is 6.03 Å². The lowest BCUT2D eigenvalue weighted by Crippen LogP contribution is -2.35. The molecule has 106 valence electrons. The molecule has 20 heavy (non-hydrogen) atoms. The van der Waals surface area contributed by atoms with E-state index in [4.69, 9.17) is 0 Å². The first-order valence-corrected chi connectivity index (χ1v) is 8.72. The molecule has 2 N–H and O–H groups in total. The number of urea groups is 1. The van der Waals surface area contributed by atoms with E-state index < -0.39 is 10.8 Å². The van der Waals surface area contributed by atoms with Crippen LogP contribution < -0.4 is 10.6 Å². The van der Waals surface area contributed by atoms with E-state index in [1.807, 2.05) is 47.8 Å². The Balaban J connectivity index is 2.04. The van der Waals surface area contributed by atoms with E-state index in [1.165, 1.54) is 11.3 Å². The molecule has 2 atom stereocenters. The molecule has 6 heteroatoms. The SMILES string of the molecule is C[S@](=O)C[C@H](NC(=O)Nc1cccs1)c1ccccc1. The summed E-state index contributed by atoms with van der Waals surface area (Å²) in [6.45, 7) is 0. The Bertz CT molecular complexity index is 570. The maximum atomic E-state index is 12.0. The smallest absolute Gasteiger partial charge is 0.320 e. The summed E-state index contributed by atoms with van der Waals surface area (Å²) in [5, 5.41) is 8.31. The van der Waals surface area contributed by atoms with Crippen molar-refractivity contribution in [3.8, 4) is 0 Å². The van der Waals surface area contributed by atoms with Crippen LogP contribution in [0.4, 0.5) is 9.80 Å². The third-order valence-corrected chi connectivity index (χ3v) is 4.25. The van der Waals surface area contributed by atoms with Gasteiger partial charge in [0.25, 0.3) is 0 Å². The van der Waals surface area contributed by atoms with Crippen molar-refractivity contribution in [1.82, 2.24) is 5.32 Å².